The minimum atomic E-state index is -0.207. The fraction of sp³-hybridized carbons (Fsp3) is 0.0435. The fourth-order valence-electron chi connectivity index (χ4n) is 2.75. The van der Waals surface area contributed by atoms with Gasteiger partial charge in [-0.05, 0) is 36.4 Å². The van der Waals surface area contributed by atoms with Gasteiger partial charge in [0.2, 0.25) is 23.8 Å². The number of anilines is 6. The summed E-state index contributed by atoms with van der Waals surface area (Å²) in [6, 6.07) is 28.4. The number of amides is 1. The van der Waals surface area contributed by atoms with E-state index in [-0.39, 0.29) is 18.4 Å². The van der Waals surface area contributed by atoms with E-state index in [9.17, 15) is 4.79 Å². The Morgan fingerprint density at radius 3 is 1.48 bits per heavy atom. The van der Waals surface area contributed by atoms with Gasteiger partial charge in [0.05, 0.1) is 6.54 Å². The highest BCUT2D eigenvalue weighted by molar-refractivity contribution is 5.93. The maximum absolute atomic E-state index is 12.3. The molecule has 1 amide bonds. The van der Waals surface area contributed by atoms with Gasteiger partial charge in [-0.25, -0.2) is 0 Å². The molecule has 4 rings (SSSR count). The zero-order chi connectivity index (χ0) is 21.3. The molecule has 4 N–H and O–H groups in total. The highest BCUT2D eigenvalue weighted by Gasteiger charge is 2.09. The largest absolute Gasteiger partial charge is 0.345 e. The molecule has 0 spiro atoms. The highest BCUT2D eigenvalue weighted by atomic mass is 16.1. The van der Waals surface area contributed by atoms with Crippen molar-refractivity contribution >= 4 is 40.8 Å². The third kappa shape index (κ3) is 6.01. The molecule has 4 aromatic rings. The molecule has 3 aromatic carbocycles. The van der Waals surface area contributed by atoms with Crippen molar-refractivity contribution in [3.8, 4) is 0 Å². The molecule has 31 heavy (non-hydrogen) atoms. The Kier molecular flexibility index (Phi) is 6.30. The molecular weight excluding hydrogens is 390 g/mol. The smallest absolute Gasteiger partial charge is 0.243 e. The summed E-state index contributed by atoms with van der Waals surface area (Å²) in [5.74, 6) is 0.771. The van der Waals surface area contributed by atoms with Gasteiger partial charge in [0, 0.05) is 17.1 Å². The van der Waals surface area contributed by atoms with Crippen LogP contribution in [0.4, 0.5) is 34.9 Å². The summed E-state index contributed by atoms with van der Waals surface area (Å²) in [7, 11) is 0. The summed E-state index contributed by atoms with van der Waals surface area (Å²) in [5.41, 5.74) is 2.40. The van der Waals surface area contributed by atoms with E-state index in [0.717, 1.165) is 17.1 Å². The molecule has 8 nitrogen and oxygen atoms in total. The Morgan fingerprint density at radius 2 is 1.00 bits per heavy atom. The van der Waals surface area contributed by atoms with E-state index < -0.39 is 0 Å². The molecule has 1 aromatic heterocycles. The fourth-order valence-corrected chi connectivity index (χ4v) is 2.75. The van der Waals surface area contributed by atoms with Crippen molar-refractivity contribution in [1.29, 1.82) is 0 Å². The summed E-state index contributed by atoms with van der Waals surface area (Å²) in [6.45, 7) is 0.00839. The minimum absolute atomic E-state index is 0.00839. The molecule has 0 saturated carbocycles. The van der Waals surface area contributed by atoms with Gasteiger partial charge in [-0.1, -0.05) is 54.6 Å². The molecule has 0 aliphatic rings. The Bertz CT molecular complexity index is 1060. The van der Waals surface area contributed by atoms with Crippen LogP contribution in [0.3, 0.4) is 0 Å². The van der Waals surface area contributed by atoms with Crippen LogP contribution in [0.1, 0.15) is 0 Å². The lowest BCUT2D eigenvalue weighted by molar-refractivity contribution is -0.114. The number of carbonyl (C=O) groups excluding carboxylic acids is 1. The van der Waals surface area contributed by atoms with E-state index in [2.05, 4.69) is 36.2 Å². The van der Waals surface area contributed by atoms with Crippen LogP contribution in [0, 0.1) is 0 Å². The number of para-hydroxylation sites is 3. The molecule has 0 fully saturated rings. The molecule has 154 valence electrons. The zero-order valence-electron chi connectivity index (χ0n) is 16.6. The maximum atomic E-state index is 12.3. The number of nitrogens with one attached hydrogen (secondary N) is 4. The molecule has 1 heterocycles. The molecule has 0 bridgehead atoms. The standard InChI is InChI=1S/C23H21N7O/c31-20(25-17-10-4-1-5-11-17)16-24-21-28-22(26-18-12-6-2-7-13-18)30-23(29-21)27-19-14-8-3-9-15-19/h1-15H,16H2,(H,25,31)(H3,24,26,27,28,29,30). The second-order valence-electron chi connectivity index (χ2n) is 6.56. The molecule has 8 heteroatoms. The quantitative estimate of drug-likeness (QED) is 0.340. The van der Waals surface area contributed by atoms with Gasteiger partial charge in [-0.3, -0.25) is 4.79 Å². The monoisotopic (exact) mass is 411 g/mol. The number of benzene rings is 3. The lowest BCUT2D eigenvalue weighted by Crippen LogP contribution is -2.23. The summed E-state index contributed by atoms with van der Waals surface area (Å²) >= 11 is 0. The molecule has 0 aliphatic heterocycles. The summed E-state index contributed by atoms with van der Waals surface area (Å²) in [5, 5.41) is 12.1. The summed E-state index contributed by atoms with van der Waals surface area (Å²) in [4.78, 5) is 25.5. The Hall–Kier alpha value is -4.46. The van der Waals surface area contributed by atoms with Gasteiger partial charge in [-0.2, -0.15) is 15.0 Å². The Morgan fingerprint density at radius 1 is 0.581 bits per heavy atom. The predicted molar refractivity (Wildman–Crippen MR) is 123 cm³/mol. The second kappa shape index (κ2) is 9.84. The van der Waals surface area contributed by atoms with Gasteiger partial charge < -0.3 is 21.3 Å². The Balaban J connectivity index is 1.50. The van der Waals surface area contributed by atoms with Crippen molar-refractivity contribution in [3.05, 3.63) is 91.0 Å². The first-order valence-electron chi connectivity index (χ1n) is 9.73. The normalized spacial score (nSPS) is 10.2. The van der Waals surface area contributed by atoms with Gasteiger partial charge >= 0.3 is 0 Å². The van der Waals surface area contributed by atoms with Gasteiger partial charge in [0.1, 0.15) is 0 Å². The molecular formula is C23H21N7O. The zero-order valence-corrected chi connectivity index (χ0v) is 16.6. The van der Waals surface area contributed by atoms with Crippen LogP contribution in [0.2, 0.25) is 0 Å². The lowest BCUT2D eigenvalue weighted by Gasteiger charge is -2.11. The molecule has 0 radical (unpaired) electrons. The van der Waals surface area contributed by atoms with Crippen molar-refractivity contribution in [1.82, 2.24) is 15.0 Å². The van der Waals surface area contributed by atoms with Crippen LogP contribution in [0.15, 0.2) is 91.0 Å². The third-order valence-corrected chi connectivity index (χ3v) is 4.16. The number of hydrogen-bond acceptors (Lipinski definition) is 7. The molecule has 0 saturated heterocycles. The van der Waals surface area contributed by atoms with Crippen molar-refractivity contribution < 1.29 is 4.79 Å². The molecule has 0 atom stereocenters. The van der Waals surface area contributed by atoms with E-state index >= 15 is 0 Å². The predicted octanol–water partition coefficient (Wildman–Crippen LogP) is 4.41. The highest BCUT2D eigenvalue weighted by Crippen LogP contribution is 2.18. The van der Waals surface area contributed by atoms with Crippen molar-refractivity contribution in [3.63, 3.8) is 0 Å². The van der Waals surface area contributed by atoms with Crippen LogP contribution in [-0.4, -0.2) is 27.4 Å². The average Bonchev–Trinajstić information content (AvgIpc) is 2.80. The first-order chi connectivity index (χ1) is 15.2. The number of carbonyl (C=O) groups is 1. The number of aromatic nitrogens is 3. The van der Waals surface area contributed by atoms with E-state index in [1.165, 1.54) is 0 Å². The summed E-state index contributed by atoms with van der Waals surface area (Å²) in [6.07, 6.45) is 0. The number of nitrogens with zero attached hydrogens (tertiary/aromatic N) is 3. The van der Waals surface area contributed by atoms with E-state index in [0.29, 0.717) is 11.9 Å². The number of rotatable bonds is 8. The van der Waals surface area contributed by atoms with Gasteiger partial charge in [0.15, 0.2) is 0 Å². The maximum Gasteiger partial charge on any atom is 0.243 e. The van der Waals surface area contributed by atoms with Crippen LogP contribution in [0.5, 0.6) is 0 Å². The third-order valence-electron chi connectivity index (χ3n) is 4.16. The average molecular weight is 411 g/mol. The first-order valence-corrected chi connectivity index (χ1v) is 9.73. The minimum Gasteiger partial charge on any atom is -0.345 e. The van der Waals surface area contributed by atoms with Crippen LogP contribution in [0.25, 0.3) is 0 Å². The molecule has 0 unspecified atom stereocenters. The van der Waals surface area contributed by atoms with Crippen molar-refractivity contribution in [2.45, 2.75) is 0 Å². The van der Waals surface area contributed by atoms with Crippen molar-refractivity contribution in [2.75, 3.05) is 27.8 Å². The van der Waals surface area contributed by atoms with Crippen LogP contribution >= 0.6 is 0 Å². The van der Waals surface area contributed by atoms with Gasteiger partial charge in [0.25, 0.3) is 0 Å². The first kappa shape index (κ1) is 19.8. The van der Waals surface area contributed by atoms with Crippen LogP contribution in [-0.2, 0) is 4.79 Å². The SMILES string of the molecule is O=C(CNc1nc(Nc2ccccc2)nc(Nc2ccccc2)n1)Nc1ccccc1. The van der Waals surface area contributed by atoms with Gasteiger partial charge in [-0.15, -0.1) is 0 Å². The van der Waals surface area contributed by atoms with Crippen LogP contribution < -0.4 is 21.3 Å². The lowest BCUT2D eigenvalue weighted by atomic mass is 10.3. The van der Waals surface area contributed by atoms with E-state index in [1.807, 2.05) is 91.0 Å². The number of hydrogen-bond donors (Lipinski definition) is 4. The van der Waals surface area contributed by atoms with E-state index in [4.69, 9.17) is 0 Å². The van der Waals surface area contributed by atoms with E-state index in [1.54, 1.807) is 0 Å². The Labute approximate surface area is 179 Å². The summed E-state index contributed by atoms with van der Waals surface area (Å²) < 4.78 is 0. The second-order valence-corrected chi connectivity index (χ2v) is 6.56. The van der Waals surface area contributed by atoms with Crippen molar-refractivity contribution in [2.24, 2.45) is 0 Å². The topological polar surface area (TPSA) is 104 Å². The molecule has 0 aliphatic carbocycles.